The molecule has 2 amide bonds. The molecule has 35 heavy (non-hydrogen) atoms. The molecule has 5 rings (SSSR count). The molecule has 2 aliphatic heterocycles. The van der Waals surface area contributed by atoms with Gasteiger partial charge in [-0.05, 0) is 73.8 Å². The van der Waals surface area contributed by atoms with Crippen molar-refractivity contribution in [2.24, 2.45) is 11.7 Å². The van der Waals surface area contributed by atoms with E-state index in [0.717, 1.165) is 43.2 Å². The number of nitrogens with one attached hydrogen (secondary N) is 1. The molecule has 186 valence electrons. The zero-order valence-corrected chi connectivity index (χ0v) is 20.0. The Bertz CT molecular complexity index is 1040. The first-order valence-corrected chi connectivity index (χ1v) is 12.7. The lowest BCUT2D eigenvalue weighted by molar-refractivity contribution is -0.138. The first-order chi connectivity index (χ1) is 17.1. The Labute approximate surface area is 206 Å². The monoisotopic (exact) mass is 478 g/mol. The molecule has 8 nitrogen and oxygen atoms in total. The Morgan fingerprint density at radius 2 is 1.91 bits per heavy atom. The number of benzene rings is 1. The van der Waals surface area contributed by atoms with Gasteiger partial charge in [-0.3, -0.25) is 14.6 Å². The molecule has 2 unspecified atom stereocenters. The second-order valence-electron chi connectivity index (χ2n) is 9.93. The number of fused-ring (bicyclic) bond motifs is 1. The Morgan fingerprint density at radius 3 is 2.71 bits per heavy atom. The lowest BCUT2D eigenvalue weighted by Crippen LogP contribution is -2.47. The van der Waals surface area contributed by atoms with Gasteiger partial charge in [-0.25, -0.2) is 0 Å². The van der Waals surface area contributed by atoms with Crippen LogP contribution in [0.25, 0.3) is 0 Å². The summed E-state index contributed by atoms with van der Waals surface area (Å²) in [5, 5.41) is 3.12. The van der Waals surface area contributed by atoms with Crippen LogP contribution in [-0.2, 0) is 9.59 Å². The van der Waals surface area contributed by atoms with Crippen molar-refractivity contribution in [2.75, 3.05) is 19.9 Å². The molecule has 3 heterocycles. The third-order valence-electron chi connectivity index (χ3n) is 7.60. The average molecular weight is 479 g/mol. The molecule has 2 atom stereocenters. The van der Waals surface area contributed by atoms with Gasteiger partial charge in [-0.15, -0.1) is 0 Å². The number of likely N-dealkylation sites (tertiary alicyclic amines) is 1. The largest absolute Gasteiger partial charge is 0.454 e. The number of aromatic nitrogens is 1. The minimum Gasteiger partial charge on any atom is -0.454 e. The summed E-state index contributed by atoms with van der Waals surface area (Å²) in [7, 11) is 0. The summed E-state index contributed by atoms with van der Waals surface area (Å²) in [5.41, 5.74) is 7.92. The van der Waals surface area contributed by atoms with Gasteiger partial charge in [0, 0.05) is 43.9 Å². The van der Waals surface area contributed by atoms with Crippen LogP contribution in [0.5, 0.6) is 11.5 Å². The number of rotatable bonds is 7. The molecule has 0 radical (unpaired) electrons. The molecule has 1 aliphatic carbocycles. The van der Waals surface area contributed by atoms with Crippen molar-refractivity contribution in [3.63, 3.8) is 0 Å². The molecule has 2 fully saturated rings. The van der Waals surface area contributed by atoms with E-state index in [4.69, 9.17) is 15.2 Å². The minimum atomic E-state index is -0.403. The van der Waals surface area contributed by atoms with E-state index in [1.165, 1.54) is 0 Å². The number of nitrogens with zero attached hydrogens (tertiary/aromatic N) is 2. The SMILES string of the molecule is NC1CCC(CNC(=O)C2CCCN2C(=O)CC(c2cccnc2)c2ccc3c(c2)OCO3)CC1. The second kappa shape index (κ2) is 10.6. The number of hydrogen-bond donors (Lipinski definition) is 2. The van der Waals surface area contributed by atoms with E-state index in [1.54, 1.807) is 17.3 Å². The number of nitrogens with two attached hydrogens (primary N) is 1. The number of amides is 2. The number of pyridine rings is 1. The third-order valence-corrected chi connectivity index (χ3v) is 7.60. The molecule has 1 aromatic heterocycles. The number of carbonyl (C=O) groups is 2. The van der Waals surface area contributed by atoms with Crippen LogP contribution in [0.2, 0.25) is 0 Å². The normalized spacial score (nSPS) is 24.3. The van der Waals surface area contributed by atoms with Gasteiger partial charge < -0.3 is 25.4 Å². The van der Waals surface area contributed by atoms with E-state index in [-0.39, 0.29) is 30.9 Å². The van der Waals surface area contributed by atoms with Crippen LogP contribution in [0.3, 0.4) is 0 Å². The third kappa shape index (κ3) is 5.42. The number of hydrogen-bond acceptors (Lipinski definition) is 6. The van der Waals surface area contributed by atoms with Gasteiger partial charge in [0.25, 0.3) is 0 Å². The maximum atomic E-state index is 13.5. The minimum absolute atomic E-state index is 0.0159. The Morgan fingerprint density at radius 1 is 1.09 bits per heavy atom. The van der Waals surface area contributed by atoms with Crippen molar-refractivity contribution in [1.29, 1.82) is 0 Å². The molecule has 3 N–H and O–H groups in total. The van der Waals surface area contributed by atoms with Crippen molar-refractivity contribution in [3.05, 3.63) is 53.9 Å². The average Bonchev–Trinajstić information content (AvgIpc) is 3.57. The van der Waals surface area contributed by atoms with Gasteiger partial charge in [0.1, 0.15) is 6.04 Å². The quantitative estimate of drug-likeness (QED) is 0.634. The highest BCUT2D eigenvalue weighted by atomic mass is 16.7. The van der Waals surface area contributed by atoms with Crippen LogP contribution in [-0.4, -0.2) is 53.7 Å². The highest BCUT2D eigenvalue weighted by molar-refractivity contribution is 5.88. The molecule has 3 aliphatic rings. The van der Waals surface area contributed by atoms with Crippen LogP contribution < -0.4 is 20.5 Å². The Balaban J connectivity index is 1.27. The molecule has 2 aromatic rings. The number of carbonyl (C=O) groups excluding carboxylic acids is 2. The van der Waals surface area contributed by atoms with E-state index in [1.807, 2.05) is 30.3 Å². The fourth-order valence-electron chi connectivity index (χ4n) is 5.52. The maximum Gasteiger partial charge on any atom is 0.242 e. The highest BCUT2D eigenvalue weighted by Crippen LogP contribution is 2.38. The lowest BCUT2D eigenvalue weighted by atomic mass is 9.86. The van der Waals surface area contributed by atoms with Crippen LogP contribution in [0.15, 0.2) is 42.7 Å². The van der Waals surface area contributed by atoms with Gasteiger partial charge in [0.2, 0.25) is 18.6 Å². The zero-order chi connectivity index (χ0) is 24.2. The molecule has 1 saturated carbocycles. The predicted octanol–water partition coefficient (Wildman–Crippen LogP) is 2.96. The fourth-order valence-corrected chi connectivity index (χ4v) is 5.52. The summed E-state index contributed by atoms with van der Waals surface area (Å²) in [6, 6.07) is 9.56. The van der Waals surface area contributed by atoms with Gasteiger partial charge in [0.05, 0.1) is 0 Å². The first kappa shape index (κ1) is 23.6. The van der Waals surface area contributed by atoms with Gasteiger partial charge in [0.15, 0.2) is 11.5 Å². The van der Waals surface area contributed by atoms with Gasteiger partial charge in [-0.2, -0.15) is 0 Å². The van der Waals surface area contributed by atoms with Crippen LogP contribution in [0.4, 0.5) is 0 Å². The predicted molar refractivity (Wildman–Crippen MR) is 131 cm³/mol. The molecule has 8 heteroatoms. The topological polar surface area (TPSA) is 107 Å². The molecule has 1 saturated heterocycles. The zero-order valence-electron chi connectivity index (χ0n) is 20.0. The molecule has 0 bridgehead atoms. The summed E-state index contributed by atoms with van der Waals surface area (Å²) >= 11 is 0. The lowest BCUT2D eigenvalue weighted by Gasteiger charge is -2.29. The Kier molecular flexibility index (Phi) is 7.18. The summed E-state index contributed by atoms with van der Waals surface area (Å²) < 4.78 is 11.0. The molecular formula is C27H34N4O4. The van der Waals surface area contributed by atoms with Crippen molar-refractivity contribution in [3.8, 4) is 11.5 Å². The highest BCUT2D eigenvalue weighted by Gasteiger charge is 2.35. The van der Waals surface area contributed by atoms with E-state index in [9.17, 15) is 9.59 Å². The standard InChI is InChI=1S/C27H34N4O4/c28-21-8-5-18(6-9-21)15-30-27(33)23-4-2-12-31(23)26(32)14-22(20-3-1-11-29-16-20)19-7-10-24-25(13-19)35-17-34-24/h1,3,7,10-11,13,16,18,21-23H,2,4-6,8-9,12,14-15,17,28H2,(H,30,33). The van der Waals surface area contributed by atoms with Crippen molar-refractivity contribution in [2.45, 2.75) is 62.9 Å². The fraction of sp³-hybridized carbons (Fsp3) is 0.519. The Hall–Kier alpha value is -3.13. The van der Waals surface area contributed by atoms with Gasteiger partial charge in [-0.1, -0.05) is 12.1 Å². The van der Waals surface area contributed by atoms with E-state index in [0.29, 0.717) is 43.0 Å². The summed E-state index contributed by atoms with van der Waals surface area (Å²) in [5.74, 6) is 1.63. The van der Waals surface area contributed by atoms with Crippen molar-refractivity contribution in [1.82, 2.24) is 15.2 Å². The summed E-state index contributed by atoms with van der Waals surface area (Å²) in [4.78, 5) is 32.6. The smallest absolute Gasteiger partial charge is 0.242 e. The first-order valence-electron chi connectivity index (χ1n) is 12.7. The molecule has 0 spiro atoms. The number of ether oxygens (including phenoxy) is 2. The van der Waals surface area contributed by atoms with Crippen molar-refractivity contribution < 1.29 is 19.1 Å². The van der Waals surface area contributed by atoms with E-state index < -0.39 is 6.04 Å². The van der Waals surface area contributed by atoms with E-state index in [2.05, 4.69) is 10.3 Å². The van der Waals surface area contributed by atoms with Gasteiger partial charge >= 0.3 is 0 Å². The van der Waals surface area contributed by atoms with Crippen LogP contribution in [0.1, 0.15) is 62.0 Å². The summed E-state index contributed by atoms with van der Waals surface area (Å²) in [6.45, 7) is 1.48. The van der Waals surface area contributed by atoms with E-state index >= 15 is 0 Å². The summed E-state index contributed by atoms with van der Waals surface area (Å²) in [6.07, 6.45) is 9.46. The second-order valence-corrected chi connectivity index (χ2v) is 9.93. The molecule has 1 aromatic carbocycles. The van der Waals surface area contributed by atoms with Crippen molar-refractivity contribution >= 4 is 11.8 Å². The molecular weight excluding hydrogens is 444 g/mol. The maximum absolute atomic E-state index is 13.5. The van der Waals surface area contributed by atoms with Crippen LogP contribution >= 0.6 is 0 Å². The van der Waals surface area contributed by atoms with Crippen LogP contribution in [0, 0.1) is 5.92 Å².